The Bertz CT molecular complexity index is 3320. The smallest absolute Gasteiger partial charge is 0.138 e. The maximum Gasteiger partial charge on any atom is 0.138 e. The van der Waals surface area contributed by atoms with Crippen molar-refractivity contribution in [3.63, 3.8) is 0 Å². The van der Waals surface area contributed by atoms with Crippen molar-refractivity contribution in [1.29, 1.82) is 0 Å². The summed E-state index contributed by atoms with van der Waals surface area (Å²) in [5, 5.41) is 2.23. The van der Waals surface area contributed by atoms with E-state index in [1.165, 1.54) is 44.5 Å². The Balaban J connectivity index is 0.975. The molecular weight excluding hydrogens is 777 g/mol. The number of fused-ring (bicyclic) bond motifs is 5. The summed E-state index contributed by atoms with van der Waals surface area (Å²) in [5.74, 6) is 1.69. The fourth-order valence-corrected chi connectivity index (χ4v) is 10.1. The summed E-state index contributed by atoms with van der Waals surface area (Å²) >= 11 is 0. The van der Waals surface area contributed by atoms with Gasteiger partial charge in [0.25, 0.3) is 0 Å². The normalized spacial score (nSPS) is 12.8. The van der Waals surface area contributed by atoms with Crippen molar-refractivity contribution in [2.75, 3.05) is 9.80 Å². The van der Waals surface area contributed by atoms with E-state index in [0.29, 0.717) is 0 Å². The largest absolute Gasteiger partial charge is 0.456 e. The van der Waals surface area contributed by atoms with Crippen LogP contribution in [0.1, 0.15) is 25.0 Å². The second kappa shape index (κ2) is 15.0. The maximum absolute atomic E-state index is 6.98. The fourth-order valence-electron chi connectivity index (χ4n) is 10.1. The van der Waals surface area contributed by atoms with Gasteiger partial charge in [-0.25, -0.2) is 0 Å². The molecule has 0 amide bonds. The van der Waals surface area contributed by atoms with Crippen LogP contribution in [0.2, 0.25) is 0 Å². The van der Waals surface area contributed by atoms with Crippen molar-refractivity contribution in [3.8, 4) is 56.0 Å². The molecule has 0 spiro atoms. The Kier molecular flexibility index (Phi) is 8.84. The average Bonchev–Trinajstić information content (AvgIpc) is 3.58. The highest BCUT2D eigenvalue weighted by Crippen LogP contribution is 2.53. The van der Waals surface area contributed by atoms with Gasteiger partial charge in [-0.3, -0.25) is 0 Å². The fraction of sp³-hybridized carbons (Fsp3) is 0.0492. The van der Waals surface area contributed by atoms with Crippen LogP contribution < -0.4 is 14.5 Å². The summed E-state index contributed by atoms with van der Waals surface area (Å²) in [6, 6.07) is 83.1. The third-order valence-corrected chi connectivity index (χ3v) is 13.2. The standard InChI is InChI=1S/C61H44N2O/c1-61(2)56-24-13-12-22-52(56)54-38-49(33-35-57(54)61)63(48-31-29-44(30-32-48)43-27-25-42(26-28-43)41-15-6-3-7-16-41)51-37-45-17-14-23-53-55-39-50(34-36-58(55)64-59(40-51)60(45)53)62(46-18-8-4-9-19-46)47-20-10-5-11-21-47/h3-40H,1-2H3. The number of para-hydroxylation sites is 2. The van der Waals surface area contributed by atoms with Gasteiger partial charge in [-0.2, -0.15) is 0 Å². The molecule has 10 aromatic rings. The van der Waals surface area contributed by atoms with Crippen molar-refractivity contribution in [3.05, 3.63) is 242 Å². The summed E-state index contributed by atoms with van der Waals surface area (Å²) in [6.45, 7) is 4.68. The molecule has 304 valence electrons. The molecular formula is C61H44N2O. The van der Waals surface area contributed by atoms with Crippen LogP contribution in [0.5, 0.6) is 11.5 Å². The second-order valence-corrected chi connectivity index (χ2v) is 17.4. The molecule has 0 radical (unpaired) electrons. The average molecular weight is 821 g/mol. The van der Waals surface area contributed by atoms with Crippen LogP contribution >= 0.6 is 0 Å². The van der Waals surface area contributed by atoms with Crippen LogP contribution in [-0.4, -0.2) is 0 Å². The maximum atomic E-state index is 6.98. The van der Waals surface area contributed by atoms with Crippen LogP contribution in [0, 0.1) is 0 Å². The highest BCUT2D eigenvalue weighted by Gasteiger charge is 2.36. The Hall–Kier alpha value is -8.14. The van der Waals surface area contributed by atoms with E-state index in [4.69, 9.17) is 4.74 Å². The van der Waals surface area contributed by atoms with Gasteiger partial charge in [-0.1, -0.05) is 166 Å². The molecule has 3 heteroatoms. The minimum atomic E-state index is -0.0865. The van der Waals surface area contributed by atoms with E-state index >= 15 is 0 Å². The van der Waals surface area contributed by atoms with Crippen LogP contribution in [0.15, 0.2) is 231 Å². The summed E-state index contributed by atoms with van der Waals surface area (Å²) in [4.78, 5) is 4.69. The Labute approximate surface area is 374 Å². The van der Waals surface area contributed by atoms with Crippen molar-refractivity contribution >= 4 is 44.9 Å². The van der Waals surface area contributed by atoms with Gasteiger partial charge < -0.3 is 14.5 Å². The van der Waals surface area contributed by atoms with Gasteiger partial charge in [0.05, 0.1) is 5.69 Å². The van der Waals surface area contributed by atoms with Crippen LogP contribution in [0.4, 0.5) is 34.1 Å². The first kappa shape index (κ1) is 37.6. The zero-order valence-corrected chi connectivity index (χ0v) is 35.7. The molecule has 0 N–H and O–H groups in total. The lowest BCUT2D eigenvalue weighted by molar-refractivity contribution is 0.487. The van der Waals surface area contributed by atoms with Gasteiger partial charge in [0.2, 0.25) is 0 Å². The van der Waals surface area contributed by atoms with E-state index in [2.05, 4.69) is 254 Å². The van der Waals surface area contributed by atoms with E-state index in [9.17, 15) is 0 Å². The minimum absolute atomic E-state index is 0.0865. The second-order valence-electron chi connectivity index (χ2n) is 17.4. The molecule has 1 aliphatic carbocycles. The summed E-state index contributed by atoms with van der Waals surface area (Å²) < 4.78 is 6.98. The molecule has 3 nitrogen and oxygen atoms in total. The Morgan fingerprint density at radius 1 is 0.312 bits per heavy atom. The molecule has 10 aromatic carbocycles. The van der Waals surface area contributed by atoms with Crippen molar-refractivity contribution < 1.29 is 4.74 Å². The molecule has 2 aliphatic rings. The first-order valence-corrected chi connectivity index (χ1v) is 22.1. The van der Waals surface area contributed by atoms with Crippen molar-refractivity contribution in [1.82, 2.24) is 0 Å². The quantitative estimate of drug-likeness (QED) is 0.152. The lowest BCUT2D eigenvalue weighted by Gasteiger charge is -2.30. The molecule has 0 unspecified atom stereocenters. The van der Waals surface area contributed by atoms with Crippen LogP contribution in [0.3, 0.4) is 0 Å². The lowest BCUT2D eigenvalue weighted by atomic mass is 9.82. The van der Waals surface area contributed by atoms with E-state index < -0.39 is 0 Å². The summed E-state index contributed by atoms with van der Waals surface area (Å²) in [6.07, 6.45) is 0. The van der Waals surface area contributed by atoms with E-state index in [1.54, 1.807) is 0 Å². The first-order chi connectivity index (χ1) is 31.5. The van der Waals surface area contributed by atoms with Gasteiger partial charge in [-0.15, -0.1) is 0 Å². The van der Waals surface area contributed by atoms with Gasteiger partial charge in [0.1, 0.15) is 11.5 Å². The van der Waals surface area contributed by atoms with Crippen molar-refractivity contribution in [2.24, 2.45) is 0 Å². The number of anilines is 6. The highest BCUT2D eigenvalue weighted by atomic mass is 16.5. The zero-order valence-electron chi connectivity index (χ0n) is 35.7. The molecule has 1 heterocycles. The molecule has 0 saturated carbocycles. The van der Waals surface area contributed by atoms with Crippen molar-refractivity contribution in [2.45, 2.75) is 19.3 Å². The van der Waals surface area contributed by atoms with Gasteiger partial charge in [0.15, 0.2) is 0 Å². The topological polar surface area (TPSA) is 15.7 Å². The Morgan fingerprint density at radius 3 is 1.47 bits per heavy atom. The molecule has 12 rings (SSSR count). The first-order valence-electron chi connectivity index (χ1n) is 22.1. The zero-order chi connectivity index (χ0) is 42.8. The number of benzene rings is 10. The number of hydrogen-bond acceptors (Lipinski definition) is 3. The van der Waals surface area contributed by atoms with Gasteiger partial charge in [-0.05, 0) is 128 Å². The predicted octanol–water partition coefficient (Wildman–Crippen LogP) is 17.2. The van der Waals surface area contributed by atoms with E-state index in [0.717, 1.165) is 67.5 Å². The van der Waals surface area contributed by atoms with E-state index in [-0.39, 0.29) is 5.41 Å². The number of rotatable bonds is 8. The summed E-state index contributed by atoms with van der Waals surface area (Å²) in [5.41, 5.74) is 18.7. The molecule has 1 aliphatic heterocycles. The summed E-state index contributed by atoms with van der Waals surface area (Å²) in [7, 11) is 0. The molecule has 0 aromatic heterocycles. The number of hydrogen-bond donors (Lipinski definition) is 0. The van der Waals surface area contributed by atoms with E-state index in [1.807, 2.05) is 0 Å². The molecule has 0 saturated heterocycles. The molecule has 64 heavy (non-hydrogen) atoms. The van der Waals surface area contributed by atoms with Gasteiger partial charge in [0, 0.05) is 50.9 Å². The number of nitrogens with zero attached hydrogens (tertiary/aromatic N) is 2. The third-order valence-electron chi connectivity index (χ3n) is 13.2. The van der Waals surface area contributed by atoms with Crippen LogP contribution in [0.25, 0.3) is 55.3 Å². The third kappa shape index (κ3) is 6.28. The monoisotopic (exact) mass is 820 g/mol. The number of ether oxygens (including phenoxy) is 1. The molecule has 0 bridgehead atoms. The molecule has 0 atom stereocenters. The van der Waals surface area contributed by atoms with Crippen LogP contribution in [-0.2, 0) is 5.41 Å². The lowest BCUT2D eigenvalue weighted by Crippen LogP contribution is -2.15. The molecule has 0 fully saturated rings. The predicted molar refractivity (Wildman–Crippen MR) is 267 cm³/mol. The highest BCUT2D eigenvalue weighted by molar-refractivity contribution is 6.07. The van der Waals surface area contributed by atoms with Gasteiger partial charge >= 0.3 is 0 Å². The Morgan fingerprint density at radius 2 is 0.797 bits per heavy atom. The SMILES string of the molecule is CC1(C)c2ccccc2-c2cc(N(c3ccc(-c4ccc(-c5ccccc5)cc4)cc3)c3cc4c5c(cccc5c3)-c3cc(N(c5ccccc5)c5ccccc5)ccc3O4)ccc21. The minimum Gasteiger partial charge on any atom is -0.456 e.